The molecular formula is C19H21N3O6S. The SMILES string of the molecule is CNC(=O)c1cccc(NC(=O)CN(C)S(=O)(=O)c2ccc3c(c2)OCCO3)c1. The summed E-state index contributed by atoms with van der Waals surface area (Å²) in [5.74, 6) is -0.00476. The first-order valence-electron chi connectivity index (χ1n) is 8.79. The molecule has 1 aliphatic rings. The number of nitrogens with zero attached hydrogens (tertiary/aromatic N) is 1. The molecule has 0 bridgehead atoms. The monoisotopic (exact) mass is 419 g/mol. The van der Waals surface area contributed by atoms with Crippen LogP contribution in [0.5, 0.6) is 11.5 Å². The lowest BCUT2D eigenvalue weighted by atomic mass is 10.2. The zero-order valence-electron chi connectivity index (χ0n) is 16.0. The van der Waals surface area contributed by atoms with E-state index in [1.807, 2.05) is 0 Å². The smallest absolute Gasteiger partial charge is 0.251 e. The highest BCUT2D eigenvalue weighted by Crippen LogP contribution is 2.32. The third-order valence-corrected chi connectivity index (χ3v) is 6.02. The zero-order valence-corrected chi connectivity index (χ0v) is 16.8. The molecule has 0 unspecified atom stereocenters. The molecule has 154 valence electrons. The highest BCUT2D eigenvalue weighted by molar-refractivity contribution is 7.89. The molecule has 9 nitrogen and oxygen atoms in total. The predicted octanol–water partition coefficient (Wildman–Crippen LogP) is 1.08. The van der Waals surface area contributed by atoms with Crippen LogP contribution in [0, 0.1) is 0 Å². The number of sulfonamides is 1. The Morgan fingerprint density at radius 1 is 1.07 bits per heavy atom. The number of anilines is 1. The normalized spacial score (nSPS) is 13.1. The Kier molecular flexibility index (Phi) is 6.04. The number of benzene rings is 2. The Hall–Kier alpha value is -3.11. The second-order valence-electron chi connectivity index (χ2n) is 6.27. The van der Waals surface area contributed by atoms with E-state index in [0.29, 0.717) is 36.0 Å². The van der Waals surface area contributed by atoms with E-state index in [0.717, 1.165) is 4.31 Å². The van der Waals surface area contributed by atoms with Crippen LogP contribution < -0.4 is 20.1 Å². The van der Waals surface area contributed by atoms with Crippen molar-refractivity contribution in [1.82, 2.24) is 9.62 Å². The maximum absolute atomic E-state index is 12.8. The van der Waals surface area contributed by atoms with Crippen molar-refractivity contribution in [2.24, 2.45) is 0 Å². The first-order chi connectivity index (χ1) is 13.8. The highest BCUT2D eigenvalue weighted by Gasteiger charge is 2.25. The Morgan fingerprint density at radius 3 is 2.52 bits per heavy atom. The van der Waals surface area contributed by atoms with Crippen LogP contribution in [0.2, 0.25) is 0 Å². The van der Waals surface area contributed by atoms with E-state index in [2.05, 4.69) is 10.6 Å². The van der Waals surface area contributed by atoms with Crippen LogP contribution in [0.15, 0.2) is 47.4 Å². The number of hydrogen-bond donors (Lipinski definition) is 2. The van der Waals surface area contributed by atoms with Gasteiger partial charge in [-0.1, -0.05) is 6.07 Å². The molecule has 0 fully saturated rings. The third kappa shape index (κ3) is 4.66. The minimum Gasteiger partial charge on any atom is -0.486 e. The van der Waals surface area contributed by atoms with E-state index >= 15 is 0 Å². The molecule has 10 heteroatoms. The molecule has 2 amide bonds. The summed E-state index contributed by atoms with van der Waals surface area (Å²) in [4.78, 5) is 24.0. The number of carbonyl (C=O) groups excluding carboxylic acids is 2. The number of carbonyl (C=O) groups is 2. The number of hydrogen-bond acceptors (Lipinski definition) is 6. The second-order valence-corrected chi connectivity index (χ2v) is 8.32. The van der Waals surface area contributed by atoms with Crippen molar-refractivity contribution in [2.75, 3.05) is 39.2 Å². The van der Waals surface area contributed by atoms with Gasteiger partial charge in [-0.3, -0.25) is 9.59 Å². The fourth-order valence-corrected chi connectivity index (χ4v) is 3.88. The summed E-state index contributed by atoms with van der Waals surface area (Å²) < 4.78 is 37.3. The van der Waals surface area contributed by atoms with E-state index in [1.54, 1.807) is 18.2 Å². The van der Waals surface area contributed by atoms with Gasteiger partial charge < -0.3 is 20.1 Å². The fraction of sp³-hybridized carbons (Fsp3) is 0.263. The largest absolute Gasteiger partial charge is 0.486 e. The van der Waals surface area contributed by atoms with Crippen molar-refractivity contribution < 1.29 is 27.5 Å². The molecule has 2 N–H and O–H groups in total. The maximum Gasteiger partial charge on any atom is 0.251 e. The predicted molar refractivity (Wildman–Crippen MR) is 106 cm³/mol. The van der Waals surface area contributed by atoms with Gasteiger partial charge in [-0.25, -0.2) is 8.42 Å². The molecule has 2 aromatic rings. The molecule has 1 heterocycles. The quantitative estimate of drug-likeness (QED) is 0.724. The van der Waals surface area contributed by atoms with E-state index in [-0.39, 0.29) is 10.8 Å². The van der Waals surface area contributed by atoms with Crippen molar-refractivity contribution in [3.63, 3.8) is 0 Å². The summed E-state index contributed by atoms with van der Waals surface area (Å²) in [5, 5.41) is 5.09. The van der Waals surface area contributed by atoms with Crippen LogP contribution in [0.1, 0.15) is 10.4 Å². The van der Waals surface area contributed by atoms with Crippen LogP contribution in [0.4, 0.5) is 5.69 Å². The van der Waals surface area contributed by atoms with Crippen molar-refractivity contribution in [2.45, 2.75) is 4.90 Å². The lowest BCUT2D eigenvalue weighted by Crippen LogP contribution is -2.35. The van der Waals surface area contributed by atoms with Crippen LogP contribution in [0.3, 0.4) is 0 Å². The summed E-state index contributed by atoms with van der Waals surface area (Å²) >= 11 is 0. The minimum absolute atomic E-state index is 0.00124. The van der Waals surface area contributed by atoms with Gasteiger partial charge in [0.05, 0.1) is 11.4 Å². The molecule has 1 aliphatic heterocycles. The van der Waals surface area contributed by atoms with Crippen molar-refractivity contribution in [1.29, 1.82) is 0 Å². The molecule has 0 atom stereocenters. The Bertz CT molecular complexity index is 1040. The summed E-state index contributed by atoms with van der Waals surface area (Å²) in [7, 11) is -1.10. The Morgan fingerprint density at radius 2 is 1.79 bits per heavy atom. The number of nitrogens with one attached hydrogen (secondary N) is 2. The molecule has 3 rings (SSSR count). The average Bonchev–Trinajstić information content (AvgIpc) is 2.72. The molecule has 0 aliphatic carbocycles. The lowest BCUT2D eigenvalue weighted by Gasteiger charge is -2.21. The molecule has 0 aromatic heterocycles. The molecule has 0 radical (unpaired) electrons. The Labute approximate surface area is 168 Å². The van der Waals surface area contributed by atoms with Gasteiger partial charge in [0.15, 0.2) is 11.5 Å². The van der Waals surface area contributed by atoms with Crippen molar-refractivity contribution in [3.8, 4) is 11.5 Å². The molecule has 2 aromatic carbocycles. The zero-order chi connectivity index (χ0) is 21.0. The van der Waals surface area contributed by atoms with Gasteiger partial charge >= 0.3 is 0 Å². The van der Waals surface area contributed by atoms with Gasteiger partial charge in [0.25, 0.3) is 5.91 Å². The number of rotatable bonds is 6. The molecule has 0 spiro atoms. The van der Waals surface area contributed by atoms with Gasteiger partial charge in [0.2, 0.25) is 15.9 Å². The molecule has 0 saturated carbocycles. The number of amides is 2. The standard InChI is InChI=1S/C19H21N3O6S/c1-20-19(24)13-4-3-5-14(10-13)21-18(23)12-22(2)29(25,26)15-6-7-16-17(11-15)28-9-8-27-16/h3-7,10-11H,8-9,12H2,1-2H3,(H,20,24)(H,21,23). The van der Waals surface area contributed by atoms with E-state index in [1.165, 1.54) is 38.4 Å². The molecule has 29 heavy (non-hydrogen) atoms. The van der Waals surface area contributed by atoms with Gasteiger partial charge in [-0.05, 0) is 30.3 Å². The van der Waals surface area contributed by atoms with Gasteiger partial charge in [-0.2, -0.15) is 4.31 Å². The van der Waals surface area contributed by atoms with E-state index < -0.39 is 22.5 Å². The maximum atomic E-state index is 12.8. The van der Waals surface area contributed by atoms with E-state index in [4.69, 9.17) is 9.47 Å². The molecular weight excluding hydrogens is 398 g/mol. The number of ether oxygens (including phenoxy) is 2. The number of likely N-dealkylation sites (N-methyl/N-ethyl adjacent to an activating group) is 1. The van der Waals surface area contributed by atoms with Gasteiger partial charge in [0, 0.05) is 31.4 Å². The number of fused-ring (bicyclic) bond motifs is 1. The Balaban J connectivity index is 1.69. The fourth-order valence-electron chi connectivity index (χ4n) is 2.73. The van der Waals surface area contributed by atoms with Crippen LogP contribution in [-0.2, 0) is 14.8 Å². The van der Waals surface area contributed by atoms with Crippen LogP contribution in [0.25, 0.3) is 0 Å². The summed E-state index contributed by atoms with van der Waals surface area (Å²) in [6.07, 6.45) is 0. The first-order valence-corrected chi connectivity index (χ1v) is 10.2. The van der Waals surface area contributed by atoms with E-state index in [9.17, 15) is 18.0 Å². The van der Waals surface area contributed by atoms with Crippen LogP contribution >= 0.6 is 0 Å². The summed E-state index contributed by atoms with van der Waals surface area (Å²) in [5.41, 5.74) is 0.767. The molecule has 0 saturated heterocycles. The lowest BCUT2D eigenvalue weighted by molar-refractivity contribution is -0.116. The van der Waals surface area contributed by atoms with Crippen LogP contribution in [-0.4, -0.2) is 58.4 Å². The second kappa shape index (κ2) is 8.50. The van der Waals surface area contributed by atoms with Crippen molar-refractivity contribution in [3.05, 3.63) is 48.0 Å². The first kappa shape index (κ1) is 20.6. The summed E-state index contributed by atoms with van der Waals surface area (Å²) in [6, 6.07) is 10.7. The third-order valence-electron chi connectivity index (χ3n) is 4.22. The summed E-state index contributed by atoms with van der Waals surface area (Å²) in [6.45, 7) is 0.338. The highest BCUT2D eigenvalue weighted by atomic mass is 32.2. The topological polar surface area (TPSA) is 114 Å². The van der Waals surface area contributed by atoms with Crippen molar-refractivity contribution >= 4 is 27.5 Å². The average molecular weight is 419 g/mol. The van der Waals surface area contributed by atoms with Gasteiger partial charge in [-0.15, -0.1) is 0 Å². The van der Waals surface area contributed by atoms with Gasteiger partial charge in [0.1, 0.15) is 13.2 Å². The minimum atomic E-state index is -3.91.